The molecule has 1 saturated carbocycles. The summed E-state index contributed by atoms with van der Waals surface area (Å²) in [5.41, 5.74) is -0.153. The first-order chi connectivity index (χ1) is 8.17. The van der Waals surface area contributed by atoms with Crippen molar-refractivity contribution in [1.82, 2.24) is 10.6 Å². The van der Waals surface area contributed by atoms with E-state index in [-0.39, 0.29) is 17.5 Å². The molecule has 0 spiro atoms. The normalized spacial score (nSPS) is 30.9. The van der Waals surface area contributed by atoms with Crippen LogP contribution in [0.2, 0.25) is 0 Å². The van der Waals surface area contributed by atoms with Crippen LogP contribution in [0, 0.1) is 11.8 Å². The quantitative estimate of drug-likeness (QED) is 0.813. The summed E-state index contributed by atoms with van der Waals surface area (Å²) in [4.78, 5) is 12.0. The number of hydrogen-bond acceptors (Lipinski definition) is 2. The van der Waals surface area contributed by atoms with Crippen molar-refractivity contribution in [2.75, 3.05) is 0 Å². The third-order valence-corrected chi connectivity index (χ3v) is 3.56. The Kier molecular flexibility index (Phi) is 5.20. The van der Waals surface area contributed by atoms with Gasteiger partial charge in [-0.3, -0.25) is 4.79 Å². The van der Waals surface area contributed by atoms with E-state index in [2.05, 4.69) is 24.5 Å². The van der Waals surface area contributed by atoms with Crippen molar-refractivity contribution in [3.05, 3.63) is 0 Å². The minimum absolute atomic E-state index is 0.105. The van der Waals surface area contributed by atoms with Crippen LogP contribution in [0.15, 0.2) is 0 Å². The Bertz CT molecular complexity index is 273. The van der Waals surface area contributed by atoms with E-state index in [0.29, 0.717) is 6.04 Å². The second kappa shape index (κ2) is 6.05. The van der Waals surface area contributed by atoms with Gasteiger partial charge < -0.3 is 10.6 Å². The zero-order valence-electron chi connectivity index (χ0n) is 12.8. The summed E-state index contributed by atoms with van der Waals surface area (Å²) >= 11 is 0. The van der Waals surface area contributed by atoms with E-state index in [9.17, 15) is 4.79 Å². The first kappa shape index (κ1) is 15.5. The number of rotatable bonds is 3. The molecule has 1 rings (SSSR count). The van der Waals surface area contributed by atoms with Crippen LogP contribution in [0.5, 0.6) is 0 Å². The standard InChI is InChI=1S/C15H30N2O/c1-10-7-11(2)9-13(8-10)16-12(3)14(18)17-15(4,5)6/h10-13,16H,7-9H2,1-6H3,(H,17,18). The first-order valence-electron chi connectivity index (χ1n) is 7.25. The monoisotopic (exact) mass is 254 g/mol. The van der Waals surface area contributed by atoms with Gasteiger partial charge in [0.05, 0.1) is 6.04 Å². The fraction of sp³-hybridized carbons (Fsp3) is 0.933. The summed E-state index contributed by atoms with van der Waals surface area (Å²) < 4.78 is 0. The van der Waals surface area contributed by atoms with Crippen LogP contribution in [0.1, 0.15) is 60.8 Å². The van der Waals surface area contributed by atoms with E-state index in [1.807, 2.05) is 27.7 Å². The lowest BCUT2D eigenvalue weighted by molar-refractivity contribution is -0.124. The Morgan fingerprint density at radius 1 is 1.11 bits per heavy atom. The largest absolute Gasteiger partial charge is 0.350 e. The molecule has 0 heterocycles. The predicted molar refractivity (Wildman–Crippen MR) is 76.5 cm³/mol. The molecule has 3 nitrogen and oxygen atoms in total. The smallest absolute Gasteiger partial charge is 0.237 e. The summed E-state index contributed by atoms with van der Waals surface area (Å²) in [5.74, 6) is 1.64. The van der Waals surface area contributed by atoms with Crippen LogP contribution in [-0.4, -0.2) is 23.5 Å². The lowest BCUT2D eigenvalue weighted by atomic mass is 9.80. The highest BCUT2D eigenvalue weighted by atomic mass is 16.2. The van der Waals surface area contributed by atoms with Crippen molar-refractivity contribution in [1.29, 1.82) is 0 Å². The van der Waals surface area contributed by atoms with E-state index in [4.69, 9.17) is 0 Å². The minimum Gasteiger partial charge on any atom is -0.350 e. The molecule has 0 radical (unpaired) electrons. The number of amides is 1. The molecule has 2 N–H and O–H groups in total. The molecule has 0 aromatic carbocycles. The molecule has 1 aliphatic rings. The highest BCUT2D eigenvalue weighted by Gasteiger charge is 2.27. The fourth-order valence-corrected chi connectivity index (χ4v) is 2.99. The Morgan fingerprint density at radius 3 is 2.06 bits per heavy atom. The van der Waals surface area contributed by atoms with Crippen LogP contribution < -0.4 is 10.6 Å². The van der Waals surface area contributed by atoms with Gasteiger partial charge in [-0.05, 0) is 58.8 Å². The predicted octanol–water partition coefficient (Wildman–Crippen LogP) is 2.70. The Balaban J connectivity index is 2.44. The minimum atomic E-state index is -0.153. The molecule has 3 atom stereocenters. The van der Waals surface area contributed by atoms with Crippen molar-refractivity contribution in [3.8, 4) is 0 Å². The second-order valence-corrected chi connectivity index (χ2v) is 7.24. The molecule has 106 valence electrons. The average molecular weight is 254 g/mol. The van der Waals surface area contributed by atoms with Gasteiger partial charge in [-0.15, -0.1) is 0 Å². The molecule has 1 aliphatic carbocycles. The molecule has 0 saturated heterocycles. The number of carbonyl (C=O) groups excluding carboxylic acids is 1. The number of nitrogens with one attached hydrogen (secondary N) is 2. The van der Waals surface area contributed by atoms with Crippen molar-refractivity contribution >= 4 is 5.91 Å². The summed E-state index contributed by atoms with van der Waals surface area (Å²) in [6, 6.07) is 0.385. The average Bonchev–Trinajstić information content (AvgIpc) is 2.12. The van der Waals surface area contributed by atoms with Gasteiger partial charge in [0.25, 0.3) is 0 Å². The van der Waals surface area contributed by atoms with Crippen LogP contribution in [0.25, 0.3) is 0 Å². The maximum atomic E-state index is 12.0. The molecule has 0 aromatic rings. The molecule has 3 heteroatoms. The van der Waals surface area contributed by atoms with Crippen molar-refractivity contribution in [2.45, 2.75) is 78.4 Å². The van der Waals surface area contributed by atoms with Crippen LogP contribution >= 0.6 is 0 Å². The van der Waals surface area contributed by atoms with E-state index >= 15 is 0 Å². The highest BCUT2D eigenvalue weighted by Crippen LogP contribution is 2.28. The number of hydrogen-bond donors (Lipinski definition) is 2. The van der Waals surface area contributed by atoms with Crippen molar-refractivity contribution < 1.29 is 4.79 Å². The zero-order chi connectivity index (χ0) is 13.9. The van der Waals surface area contributed by atoms with Crippen molar-refractivity contribution in [2.24, 2.45) is 11.8 Å². The zero-order valence-corrected chi connectivity index (χ0v) is 12.8. The van der Waals surface area contributed by atoms with E-state index in [1.165, 1.54) is 19.3 Å². The Morgan fingerprint density at radius 2 is 1.61 bits per heavy atom. The number of carbonyl (C=O) groups is 1. The summed E-state index contributed by atoms with van der Waals surface area (Å²) in [6.45, 7) is 12.6. The summed E-state index contributed by atoms with van der Waals surface area (Å²) in [5, 5.41) is 6.52. The van der Waals surface area contributed by atoms with E-state index in [0.717, 1.165) is 11.8 Å². The molecule has 18 heavy (non-hydrogen) atoms. The van der Waals surface area contributed by atoms with Crippen LogP contribution in [0.3, 0.4) is 0 Å². The van der Waals surface area contributed by atoms with E-state index in [1.54, 1.807) is 0 Å². The molecule has 0 aromatic heterocycles. The van der Waals surface area contributed by atoms with Gasteiger partial charge in [-0.25, -0.2) is 0 Å². The maximum absolute atomic E-state index is 12.0. The second-order valence-electron chi connectivity index (χ2n) is 7.24. The molecule has 1 fully saturated rings. The molecule has 0 aliphatic heterocycles. The molecule has 1 amide bonds. The van der Waals surface area contributed by atoms with Gasteiger partial charge in [0, 0.05) is 11.6 Å². The molecule has 3 unspecified atom stereocenters. The van der Waals surface area contributed by atoms with Gasteiger partial charge in [0.1, 0.15) is 0 Å². The maximum Gasteiger partial charge on any atom is 0.237 e. The van der Waals surface area contributed by atoms with Crippen LogP contribution in [-0.2, 0) is 4.79 Å². The third-order valence-electron chi connectivity index (χ3n) is 3.56. The van der Waals surface area contributed by atoms with Gasteiger partial charge in [0.2, 0.25) is 5.91 Å². The molecular formula is C15H30N2O. The molecular weight excluding hydrogens is 224 g/mol. The lowest BCUT2D eigenvalue weighted by Gasteiger charge is -2.34. The van der Waals surface area contributed by atoms with Crippen molar-refractivity contribution in [3.63, 3.8) is 0 Å². The summed E-state index contributed by atoms with van der Waals surface area (Å²) in [7, 11) is 0. The highest BCUT2D eigenvalue weighted by molar-refractivity contribution is 5.81. The summed E-state index contributed by atoms with van der Waals surface area (Å²) in [6.07, 6.45) is 3.70. The van der Waals surface area contributed by atoms with Gasteiger partial charge >= 0.3 is 0 Å². The Hall–Kier alpha value is -0.570. The van der Waals surface area contributed by atoms with Crippen LogP contribution in [0.4, 0.5) is 0 Å². The van der Waals surface area contributed by atoms with E-state index < -0.39 is 0 Å². The third kappa shape index (κ3) is 5.38. The first-order valence-corrected chi connectivity index (χ1v) is 7.25. The van der Waals surface area contributed by atoms with Gasteiger partial charge in [0.15, 0.2) is 0 Å². The lowest BCUT2D eigenvalue weighted by Crippen LogP contribution is -2.52. The SMILES string of the molecule is CC1CC(C)CC(NC(C)C(=O)NC(C)(C)C)C1. The topological polar surface area (TPSA) is 41.1 Å². The Labute approximate surface area is 112 Å². The molecule has 0 bridgehead atoms. The fourth-order valence-electron chi connectivity index (χ4n) is 2.99. The van der Waals surface area contributed by atoms with Gasteiger partial charge in [-0.2, -0.15) is 0 Å². The van der Waals surface area contributed by atoms with Gasteiger partial charge in [-0.1, -0.05) is 13.8 Å².